The number of thioether (sulfide) groups is 1. The van der Waals surface area contributed by atoms with Crippen LogP contribution >= 0.6 is 39.3 Å². The van der Waals surface area contributed by atoms with Crippen molar-refractivity contribution >= 4 is 39.3 Å². The Kier molecular flexibility index (Phi) is 7.22. The molecular formula is C19H18BrClN4O4S. The van der Waals surface area contributed by atoms with Crippen LogP contribution in [0.3, 0.4) is 0 Å². The molecule has 0 fully saturated rings. The van der Waals surface area contributed by atoms with Crippen LogP contribution < -0.4 is 9.47 Å². The number of nitro groups is 1. The van der Waals surface area contributed by atoms with E-state index in [0.29, 0.717) is 37.5 Å². The molecule has 2 aromatic carbocycles. The molecule has 30 heavy (non-hydrogen) atoms. The summed E-state index contributed by atoms with van der Waals surface area (Å²) < 4.78 is 13.2. The summed E-state index contributed by atoms with van der Waals surface area (Å²) in [7, 11) is 3.05. The van der Waals surface area contributed by atoms with Crippen molar-refractivity contribution in [2.45, 2.75) is 17.3 Å². The molecule has 8 nitrogen and oxygen atoms in total. The van der Waals surface area contributed by atoms with Crippen LogP contribution in [0.25, 0.3) is 5.69 Å². The highest BCUT2D eigenvalue weighted by Crippen LogP contribution is 2.43. The topological polar surface area (TPSA) is 92.3 Å². The van der Waals surface area contributed by atoms with Gasteiger partial charge in [0.05, 0.1) is 18.7 Å². The zero-order valence-corrected chi connectivity index (χ0v) is 19.5. The Bertz CT molecular complexity index is 1060. The van der Waals surface area contributed by atoms with Gasteiger partial charge in [0, 0.05) is 15.6 Å². The van der Waals surface area contributed by atoms with Gasteiger partial charge in [0.1, 0.15) is 11.1 Å². The van der Waals surface area contributed by atoms with Crippen LogP contribution in [-0.2, 0) is 0 Å². The van der Waals surface area contributed by atoms with Crippen LogP contribution in [0.4, 0.5) is 0 Å². The molecule has 1 heterocycles. The van der Waals surface area contributed by atoms with E-state index in [-0.39, 0.29) is 11.5 Å². The number of hydrogen-bond donors (Lipinski definition) is 0. The highest BCUT2D eigenvalue weighted by atomic mass is 79.9. The Hall–Kier alpha value is -2.30. The third kappa shape index (κ3) is 4.88. The van der Waals surface area contributed by atoms with Gasteiger partial charge in [0.25, 0.3) is 0 Å². The number of aromatic nitrogens is 3. The summed E-state index contributed by atoms with van der Waals surface area (Å²) in [6, 6.07) is 10.8. The molecule has 0 N–H and O–H groups in total. The number of methoxy groups -OCH3 is 2. The summed E-state index contributed by atoms with van der Waals surface area (Å²) in [6.45, 7) is 1.51. The van der Waals surface area contributed by atoms with Crippen molar-refractivity contribution in [2.75, 3.05) is 20.8 Å². The summed E-state index contributed by atoms with van der Waals surface area (Å²) in [5.74, 6) is 1.66. The van der Waals surface area contributed by atoms with Gasteiger partial charge in [-0.25, -0.2) is 0 Å². The van der Waals surface area contributed by atoms with Crippen molar-refractivity contribution in [3.63, 3.8) is 0 Å². The van der Waals surface area contributed by atoms with E-state index < -0.39 is 5.25 Å². The number of aryl methyl sites for hydroxylation is 1. The second kappa shape index (κ2) is 9.67. The molecule has 3 rings (SSSR count). The zero-order valence-electron chi connectivity index (χ0n) is 16.3. The van der Waals surface area contributed by atoms with E-state index >= 15 is 0 Å². The maximum Gasteiger partial charge on any atom is 0.220 e. The SMILES string of the molecule is COc1cc([C@@H](C[N+](=O)[O-])Sc2nnc(C)n2-c2ccc(Cl)cc2)cc(Br)c1OC. The van der Waals surface area contributed by atoms with Crippen molar-refractivity contribution < 1.29 is 14.4 Å². The Morgan fingerprint density at radius 1 is 1.23 bits per heavy atom. The van der Waals surface area contributed by atoms with E-state index in [0.717, 1.165) is 5.69 Å². The quantitative estimate of drug-likeness (QED) is 0.234. The molecule has 0 radical (unpaired) electrons. The number of hydrogen-bond acceptors (Lipinski definition) is 7. The lowest BCUT2D eigenvalue weighted by Gasteiger charge is -2.17. The highest BCUT2D eigenvalue weighted by molar-refractivity contribution is 9.10. The van der Waals surface area contributed by atoms with Gasteiger partial charge < -0.3 is 9.47 Å². The fraction of sp³-hybridized carbons (Fsp3) is 0.263. The molecular weight excluding hydrogens is 496 g/mol. The first-order valence-corrected chi connectivity index (χ1v) is 10.8. The maximum atomic E-state index is 11.4. The van der Waals surface area contributed by atoms with Gasteiger partial charge in [-0.05, 0) is 64.8 Å². The smallest absolute Gasteiger partial charge is 0.220 e. The minimum Gasteiger partial charge on any atom is -0.493 e. The van der Waals surface area contributed by atoms with Gasteiger partial charge in [0.15, 0.2) is 16.7 Å². The molecule has 1 aromatic heterocycles. The average molecular weight is 514 g/mol. The standard InChI is InChI=1S/C19H18BrClN4O4S/c1-11-22-23-19(25(11)14-6-4-13(21)5-7-14)30-17(10-24(26)27)12-8-15(20)18(29-3)16(9-12)28-2/h4-9,17H,10H2,1-3H3/t17-/m1/s1. The first-order valence-electron chi connectivity index (χ1n) is 8.71. The molecule has 0 aliphatic heterocycles. The zero-order chi connectivity index (χ0) is 21.8. The van der Waals surface area contributed by atoms with E-state index in [1.54, 1.807) is 24.3 Å². The summed E-state index contributed by atoms with van der Waals surface area (Å²) in [5.41, 5.74) is 1.52. The van der Waals surface area contributed by atoms with Gasteiger partial charge in [-0.15, -0.1) is 10.2 Å². The van der Waals surface area contributed by atoms with Crippen molar-refractivity contribution in [3.05, 3.63) is 67.4 Å². The van der Waals surface area contributed by atoms with Crippen LogP contribution in [0.2, 0.25) is 5.02 Å². The molecule has 3 aromatic rings. The van der Waals surface area contributed by atoms with Crippen molar-refractivity contribution in [1.82, 2.24) is 14.8 Å². The molecule has 0 bridgehead atoms. The number of ether oxygens (including phenoxy) is 2. The molecule has 1 atom stereocenters. The fourth-order valence-corrected chi connectivity index (χ4v) is 4.81. The van der Waals surface area contributed by atoms with Crippen LogP contribution in [0.1, 0.15) is 16.6 Å². The Labute approximate surface area is 190 Å². The van der Waals surface area contributed by atoms with E-state index in [2.05, 4.69) is 26.1 Å². The molecule has 158 valence electrons. The van der Waals surface area contributed by atoms with Crippen molar-refractivity contribution in [2.24, 2.45) is 0 Å². The number of rotatable bonds is 8. The molecule has 0 amide bonds. The molecule has 0 saturated carbocycles. The lowest BCUT2D eigenvalue weighted by Crippen LogP contribution is -2.11. The van der Waals surface area contributed by atoms with Crippen LogP contribution in [-0.4, -0.2) is 40.5 Å². The van der Waals surface area contributed by atoms with E-state index in [1.807, 2.05) is 23.6 Å². The van der Waals surface area contributed by atoms with Gasteiger partial charge in [0.2, 0.25) is 6.54 Å². The normalized spacial score (nSPS) is 11.9. The lowest BCUT2D eigenvalue weighted by atomic mass is 10.1. The average Bonchev–Trinajstić information content (AvgIpc) is 3.07. The second-order valence-corrected chi connectivity index (χ2v) is 8.66. The third-order valence-corrected chi connectivity index (χ3v) is 6.29. The summed E-state index contributed by atoms with van der Waals surface area (Å²) >= 11 is 10.7. The summed E-state index contributed by atoms with van der Waals surface area (Å²) in [5, 5.41) is 20.4. The van der Waals surface area contributed by atoms with Gasteiger partial charge in [-0.2, -0.15) is 0 Å². The Morgan fingerprint density at radius 3 is 2.53 bits per heavy atom. The summed E-state index contributed by atoms with van der Waals surface area (Å²) in [4.78, 5) is 11.1. The largest absolute Gasteiger partial charge is 0.493 e. The minimum absolute atomic E-state index is 0.306. The molecule has 0 unspecified atom stereocenters. The first-order chi connectivity index (χ1) is 14.3. The second-order valence-electron chi connectivity index (χ2n) is 6.20. The van der Waals surface area contributed by atoms with Crippen molar-refractivity contribution in [1.29, 1.82) is 0 Å². The van der Waals surface area contributed by atoms with E-state index in [9.17, 15) is 10.1 Å². The Balaban J connectivity index is 2.03. The van der Waals surface area contributed by atoms with Gasteiger partial charge in [-0.1, -0.05) is 23.4 Å². The van der Waals surface area contributed by atoms with Crippen LogP contribution in [0, 0.1) is 17.0 Å². The summed E-state index contributed by atoms with van der Waals surface area (Å²) in [6.07, 6.45) is 0. The molecule has 0 aliphatic rings. The number of benzene rings is 2. The van der Waals surface area contributed by atoms with Crippen LogP contribution in [0.15, 0.2) is 46.0 Å². The molecule has 0 aliphatic carbocycles. The van der Waals surface area contributed by atoms with Crippen molar-refractivity contribution in [3.8, 4) is 17.2 Å². The number of nitrogens with zero attached hydrogens (tertiary/aromatic N) is 4. The molecule has 0 spiro atoms. The third-order valence-electron chi connectivity index (χ3n) is 4.27. The predicted molar refractivity (Wildman–Crippen MR) is 119 cm³/mol. The Morgan fingerprint density at radius 2 is 1.93 bits per heavy atom. The number of halogens is 2. The molecule has 11 heteroatoms. The highest BCUT2D eigenvalue weighted by Gasteiger charge is 2.26. The molecule has 0 saturated heterocycles. The van der Waals surface area contributed by atoms with Crippen LogP contribution in [0.5, 0.6) is 11.5 Å². The first kappa shape index (κ1) is 22.4. The van der Waals surface area contributed by atoms with E-state index in [1.165, 1.54) is 26.0 Å². The fourth-order valence-electron chi connectivity index (χ4n) is 2.90. The predicted octanol–water partition coefficient (Wildman–Crippen LogP) is 5.12. The minimum atomic E-state index is -0.536. The monoisotopic (exact) mass is 512 g/mol. The lowest BCUT2D eigenvalue weighted by molar-refractivity contribution is -0.479. The van der Waals surface area contributed by atoms with E-state index in [4.69, 9.17) is 21.1 Å². The van der Waals surface area contributed by atoms with Gasteiger partial charge in [-0.3, -0.25) is 14.7 Å². The van der Waals surface area contributed by atoms with Gasteiger partial charge >= 0.3 is 0 Å². The maximum absolute atomic E-state index is 11.4.